The van der Waals surface area contributed by atoms with Crippen molar-refractivity contribution in [2.75, 3.05) is 6.61 Å². The zero-order valence-corrected chi connectivity index (χ0v) is 9.33. The number of carbonyl (C=O) groups is 1. The van der Waals surface area contributed by atoms with Crippen molar-refractivity contribution < 1.29 is 19.7 Å². The Morgan fingerprint density at radius 2 is 1.71 bits per heavy atom. The lowest BCUT2D eigenvalue weighted by Gasteiger charge is -2.25. The second-order valence-electron chi connectivity index (χ2n) is 4.32. The maximum atomic E-state index is 11.4. The largest absolute Gasteiger partial charge is 0.466 e. The van der Waals surface area contributed by atoms with Gasteiger partial charge in [-0.3, -0.25) is 4.79 Å². The number of rotatable bonds is 5. The third kappa shape index (κ3) is 5.19. The quantitative estimate of drug-likeness (QED) is 0.519. The van der Waals surface area contributed by atoms with Crippen molar-refractivity contribution in [3.63, 3.8) is 0 Å². The highest BCUT2D eigenvalue weighted by atomic mass is 16.5. The predicted octanol–water partition coefficient (Wildman–Crippen LogP) is 1.06. The van der Waals surface area contributed by atoms with Gasteiger partial charge in [-0.15, -0.1) is 0 Å². The molecule has 4 heteroatoms. The van der Waals surface area contributed by atoms with Crippen LogP contribution >= 0.6 is 0 Å². The molecule has 0 saturated heterocycles. The van der Waals surface area contributed by atoms with E-state index in [0.29, 0.717) is 13.0 Å². The normalized spacial score (nSPS) is 12.7. The van der Waals surface area contributed by atoms with Gasteiger partial charge >= 0.3 is 5.97 Å². The second-order valence-corrected chi connectivity index (χ2v) is 4.32. The van der Waals surface area contributed by atoms with E-state index in [9.17, 15) is 4.79 Å². The van der Waals surface area contributed by atoms with Crippen LogP contribution in [0.1, 0.15) is 40.5 Å². The van der Waals surface area contributed by atoms with Crippen LogP contribution in [0.25, 0.3) is 0 Å². The van der Waals surface area contributed by atoms with E-state index >= 15 is 0 Å². The maximum absolute atomic E-state index is 11.4. The zero-order chi connectivity index (χ0) is 11.4. The molecule has 0 aliphatic carbocycles. The van der Waals surface area contributed by atoms with Crippen LogP contribution in [-0.4, -0.2) is 28.6 Å². The summed E-state index contributed by atoms with van der Waals surface area (Å²) in [5.74, 6) is -2.02. The third-order valence-corrected chi connectivity index (χ3v) is 2.05. The maximum Gasteiger partial charge on any atom is 0.311 e. The van der Waals surface area contributed by atoms with Crippen LogP contribution in [0.3, 0.4) is 0 Å². The minimum Gasteiger partial charge on any atom is -0.466 e. The first-order valence-electron chi connectivity index (χ1n) is 4.81. The molecular formula is C10H20O4. The van der Waals surface area contributed by atoms with Crippen molar-refractivity contribution >= 4 is 5.97 Å². The number of hydrogen-bond donors (Lipinski definition) is 2. The second kappa shape index (κ2) is 4.75. The molecule has 4 nitrogen and oxygen atoms in total. The lowest BCUT2D eigenvalue weighted by Crippen LogP contribution is -2.31. The minimum absolute atomic E-state index is 0.152. The number of aliphatic hydroxyl groups is 2. The Morgan fingerprint density at radius 3 is 2.07 bits per heavy atom. The molecule has 0 heterocycles. The molecule has 0 aliphatic heterocycles. The van der Waals surface area contributed by atoms with E-state index in [2.05, 4.69) is 0 Å². The van der Waals surface area contributed by atoms with Gasteiger partial charge in [0.15, 0.2) is 5.79 Å². The summed E-state index contributed by atoms with van der Waals surface area (Å²) in [7, 11) is 0. The molecule has 2 N–H and O–H groups in total. The van der Waals surface area contributed by atoms with Crippen LogP contribution in [0.4, 0.5) is 0 Å². The van der Waals surface area contributed by atoms with Gasteiger partial charge < -0.3 is 14.9 Å². The predicted molar refractivity (Wildman–Crippen MR) is 52.5 cm³/mol. The fourth-order valence-electron chi connectivity index (χ4n) is 0.978. The average molecular weight is 204 g/mol. The van der Waals surface area contributed by atoms with Gasteiger partial charge in [-0.05, 0) is 34.1 Å². The molecule has 14 heavy (non-hydrogen) atoms. The Hall–Kier alpha value is -0.610. The Morgan fingerprint density at radius 1 is 1.21 bits per heavy atom. The first kappa shape index (κ1) is 13.4. The molecule has 0 aliphatic rings. The summed E-state index contributed by atoms with van der Waals surface area (Å²) in [6, 6.07) is 0. The molecule has 0 amide bonds. The summed E-state index contributed by atoms with van der Waals surface area (Å²) >= 11 is 0. The summed E-state index contributed by atoms with van der Waals surface area (Å²) < 4.78 is 4.87. The van der Waals surface area contributed by atoms with Crippen molar-refractivity contribution in [2.24, 2.45) is 5.41 Å². The van der Waals surface area contributed by atoms with Gasteiger partial charge in [0.05, 0.1) is 12.0 Å². The van der Waals surface area contributed by atoms with Crippen LogP contribution in [0, 0.1) is 5.41 Å². The van der Waals surface area contributed by atoms with E-state index < -0.39 is 11.2 Å². The number of carbonyl (C=O) groups excluding carboxylic acids is 1. The lowest BCUT2D eigenvalue weighted by atomic mass is 9.86. The highest BCUT2D eigenvalue weighted by Crippen LogP contribution is 2.26. The van der Waals surface area contributed by atoms with Crippen molar-refractivity contribution in [3.05, 3.63) is 0 Å². The summed E-state index contributed by atoms with van der Waals surface area (Å²) in [5.41, 5.74) is -0.664. The molecule has 0 bridgehead atoms. The van der Waals surface area contributed by atoms with Gasteiger partial charge in [-0.25, -0.2) is 0 Å². The van der Waals surface area contributed by atoms with E-state index in [1.54, 1.807) is 20.8 Å². The van der Waals surface area contributed by atoms with Crippen molar-refractivity contribution in [1.82, 2.24) is 0 Å². The van der Waals surface area contributed by atoms with Crippen LogP contribution in [0.2, 0.25) is 0 Å². The van der Waals surface area contributed by atoms with Gasteiger partial charge in [0.2, 0.25) is 0 Å². The minimum atomic E-state index is -1.72. The molecule has 0 rings (SSSR count). The average Bonchev–Trinajstić information content (AvgIpc) is 2.00. The highest BCUT2D eigenvalue weighted by Gasteiger charge is 2.31. The van der Waals surface area contributed by atoms with Crippen molar-refractivity contribution in [1.29, 1.82) is 0 Å². The molecular weight excluding hydrogens is 184 g/mol. The fourth-order valence-corrected chi connectivity index (χ4v) is 0.978. The van der Waals surface area contributed by atoms with Gasteiger partial charge in [0.25, 0.3) is 0 Å². The topological polar surface area (TPSA) is 66.8 Å². The van der Waals surface area contributed by atoms with E-state index in [4.69, 9.17) is 14.9 Å². The SMILES string of the molecule is CCOC(=O)C(C)(C)CCC(C)(O)O. The molecule has 0 fully saturated rings. The van der Waals surface area contributed by atoms with Crippen LogP contribution in [-0.2, 0) is 9.53 Å². The summed E-state index contributed by atoms with van der Waals surface area (Å²) in [6.07, 6.45) is 0.536. The van der Waals surface area contributed by atoms with E-state index in [-0.39, 0.29) is 12.4 Å². The van der Waals surface area contributed by atoms with Crippen molar-refractivity contribution in [3.8, 4) is 0 Å². The Labute approximate surface area is 84.9 Å². The fraction of sp³-hybridized carbons (Fsp3) is 0.900. The number of esters is 1. The summed E-state index contributed by atoms with van der Waals surface area (Å²) in [5, 5.41) is 18.2. The van der Waals surface area contributed by atoms with Crippen LogP contribution in [0.5, 0.6) is 0 Å². The van der Waals surface area contributed by atoms with E-state index in [0.717, 1.165) is 0 Å². The molecule has 84 valence electrons. The van der Waals surface area contributed by atoms with Gasteiger partial charge in [-0.1, -0.05) is 0 Å². The Kier molecular flexibility index (Phi) is 4.55. The van der Waals surface area contributed by atoms with E-state index in [1.807, 2.05) is 0 Å². The molecule has 0 aromatic rings. The smallest absolute Gasteiger partial charge is 0.311 e. The Bertz CT molecular complexity index is 191. The standard InChI is InChI=1S/C10H20O4/c1-5-14-8(11)9(2,3)6-7-10(4,12)13/h12-13H,5-7H2,1-4H3. The van der Waals surface area contributed by atoms with Gasteiger partial charge in [-0.2, -0.15) is 0 Å². The highest BCUT2D eigenvalue weighted by molar-refractivity contribution is 5.75. The first-order valence-corrected chi connectivity index (χ1v) is 4.81. The molecule has 0 spiro atoms. The molecule has 0 saturated carbocycles. The number of ether oxygens (including phenoxy) is 1. The van der Waals surface area contributed by atoms with Crippen molar-refractivity contribution in [2.45, 2.75) is 46.3 Å². The first-order chi connectivity index (χ1) is 6.19. The Balaban J connectivity index is 4.13. The molecule has 0 aromatic carbocycles. The molecule has 0 unspecified atom stereocenters. The molecule has 0 radical (unpaired) electrons. The zero-order valence-electron chi connectivity index (χ0n) is 9.33. The van der Waals surface area contributed by atoms with Gasteiger partial charge in [0.1, 0.15) is 0 Å². The number of hydrogen-bond acceptors (Lipinski definition) is 4. The summed E-state index contributed by atoms with van der Waals surface area (Å²) in [6.45, 7) is 6.86. The summed E-state index contributed by atoms with van der Waals surface area (Å²) in [4.78, 5) is 11.4. The third-order valence-electron chi connectivity index (χ3n) is 2.05. The monoisotopic (exact) mass is 204 g/mol. The van der Waals surface area contributed by atoms with E-state index in [1.165, 1.54) is 6.92 Å². The van der Waals surface area contributed by atoms with Crippen LogP contribution in [0.15, 0.2) is 0 Å². The van der Waals surface area contributed by atoms with Crippen LogP contribution < -0.4 is 0 Å². The molecule has 0 atom stereocenters. The molecule has 0 aromatic heterocycles. The van der Waals surface area contributed by atoms with Gasteiger partial charge in [0, 0.05) is 6.42 Å². The lowest BCUT2D eigenvalue weighted by molar-refractivity contribution is -0.164.